The fourth-order valence-electron chi connectivity index (χ4n) is 1.87. The van der Waals surface area contributed by atoms with E-state index in [1.807, 2.05) is 36.1 Å². The lowest BCUT2D eigenvalue weighted by atomic mass is 10.2. The summed E-state index contributed by atoms with van der Waals surface area (Å²) >= 11 is 0. The Balaban J connectivity index is 1.96. The van der Waals surface area contributed by atoms with Gasteiger partial charge >= 0.3 is 6.03 Å². The molecule has 0 saturated heterocycles. The predicted molar refractivity (Wildman–Crippen MR) is 68.8 cm³/mol. The lowest BCUT2D eigenvalue weighted by molar-refractivity contribution is 0.212. The summed E-state index contributed by atoms with van der Waals surface area (Å²) in [5.74, 6) is 0. The van der Waals surface area contributed by atoms with Gasteiger partial charge in [0.2, 0.25) is 0 Å². The number of nitrogens with two attached hydrogens (primary N) is 1. The van der Waals surface area contributed by atoms with Gasteiger partial charge in [-0.25, -0.2) is 4.79 Å². The Labute approximate surface area is 102 Å². The third-order valence-electron chi connectivity index (χ3n) is 3.03. The smallest absolute Gasteiger partial charge is 0.322 e. The van der Waals surface area contributed by atoms with Crippen molar-refractivity contribution in [3.63, 3.8) is 0 Å². The quantitative estimate of drug-likeness (QED) is 0.837. The summed E-state index contributed by atoms with van der Waals surface area (Å²) in [7, 11) is 0. The Morgan fingerprint density at radius 2 is 2.06 bits per heavy atom. The number of urea groups is 1. The fraction of sp³-hybridized carbons (Fsp3) is 0.462. The minimum atomic E-state index is -0.00417. The summed E-state index contributed by atoms with van der Waals surface area (Å²) in [5.41, 5.74) is 7.42. The van der Waals surface area contributed by atoms with Crippen LogP contribution in [0.3, 0.4) is 0 Å². The molecule has 1 aliphatic rings. The van der Waals surface area contributed by atoms with E-state index in [1.54, 1.807) is 0 Å². The minimum Gasteiger partial charge on any atom is -0.326 e. The molecule has 0 heterocycles. The molecule has 0 spiro atoms. The van der Waals surface area contributed by atoms with Gasteiger partial charge in [-0.05, 0) is 37.5 Å². The van der Waals surface area contributed by atoms with Crippen LogP contribution in [0.2, 0.25) is 0 Å². The van der Waals surface area contributed by atoms with Crippen molar-refractivity contribution in [3.8, 4) is 0 Å². The van der Waals surface area contributed by atoms with E-state index in [0.29, 0.717) is 12.6 Å². The van der Waals surface area contributed by atoms with Crippen LogP contribution in [-0.2, 0) is 6.54 Å². The summed E-state index contributed by atoms with van der Waals surface area (Å²) in [6.45, 7) is 3.30. The van der Waals surface area contributed by atoms with Gasteiger partial charge in [0.25, 0.3) is 0 Å². The molecule has 0 bridgehead atoms. The van der Waals surface area contributed by atoms with Gasteiger partial charge in [0.05, 0.1) is 0 Å². The average Bonchev–Trinajstić information content (AvgIpc) is 3.15. The van der Waals surface area contributed by atoms with Crippen LogP contribution >= 0.6 is 0 Å². The van der Waals surface area contributed by atoms with Gasteiger partial charge in [0.15, 0.2) is 0 Å². The van der Waals surface area contributed by atoms with E-state index in [0.717, 1.165) is 30.6 Å². The highest BCUT2D eigenvalue weighted by Gasteiger charge is 2.31. The van der Waals surface area contributed by atoms with E-state index < -0.39 is 0 Å². The molecule has 2 rings (SSSR count). The second-order valence-corrected chi connectivity index (χ2v) is 4.35. The standard InChI is InChI=1S/C13H19N3O/c1-2-16(12-7-8-12)13(17)15-11-5-3-10(9-14)4-6-11/h3-6,12H,2,7-9,14H2,1H3,(H,15,17). The van der Waals surface area contributed by atoms with Crippen molar-refractivity contribution < 1.29 is 4.79 Å². The Hall–Kier alpha value is -1.55. The van der Waals surface area contributed by atoms with Crippen LogP contribution in [0.15, 0.2) is 24.3 Å². The van der Waals surface area contributed by atoms with Gasteiger partial charge in [-0.1, -0.05) is 12.1 Å². The van der Waals surface area contributed by atoms with Crippen molar-refractivity contribution in [2.45, 2.75) is 32.4 Å². The second kappa shape index (κ2) is 5.19. The van der Waals surface area contributed by atoms with Crippen molar-refractivity contribution >= 4 is 11.7 Å². The zero-order valence-electron chi connectivity index (χ0n) is 10.1. The van der Waals surface area contributed by atoms with Crippen molar-refractivity contribution in [1.82, 2.24) is 4.90 Å². The number of hydrogen-bond donors (Lipinski definition) is 2. The summed E-state index contributed by atoms with van der Waals surface area (Å²) in [6, 6.07) is 8.09. The maximum absolute atomic E-state index is 12.0. The number of anilines is 1. The van der Waals surface area contributed by atoms with Crippen LogP contribution in [0.25, 0.3) is 0 Å². The van der Waals surface area contributed by atoms with Gasteiger partial charge in [-0.3, -0.25) is 0 Å². The van der Waals surface area contributed by atoms with E-state index in [1.165, 1.54) is 0 Å². The number of carbonyl (C=O) groups is 1. The Morgan fingerprint density at radius 3 is 2.53 bits per heavy atom. The van der Waals surface area contributed by atoms with E-state index in [-0.39, 0.29) is 6.03 Å². The molecule has 1 aromatic rings. The third kappa shape index (κ3) is 2.97. The van der Waals surface area contributed by atoms with E-state index >= 15 is 0 Å². The topological polar surface area (TPSA) is 58.4 Å². The van der Waals surface area contributed by atoms with E-state index in [2.05, 4.69) is 5.32 Å². The van der Waals surface area contributed by atoms with Crippen LogP contribution in [0, 0.1) is 0 Å². The number of amides is 2. The molecule has 0 unspecified atom stereocenters. The molecule has 1 aromatic carbocycles. The molecular weight excluding hydrogens is 214 g/mol. The highest BCUT2D eigenvalue weighted by Crippen LogP contribution is 2.27. The van der Waals surface area contributed by atoms with Crippen LogP contribution in [-0.4, -0.2) is 23.5 Å². The molecule has 1 saturated carbocycles. The van der Waals surface area contributed by atoms with Gasteiger partial charge in [-0.15, -0.1) is 0 Å². The Kier molecular flexibility index (Phi) is 3.64. The molecule has 3 N–H and O–H groups in total. The minimum absolute atomic E-state index is 0.00417. The third-order valence-corrected chi connectivity index (χ3v) is 3.03. The first-order valence-electron chi connectivity index (χ1n) is 6.11. The molecule has 4 nitrogen and oxygen atoms in total. The monoisotopic (exact) mass is 233 g/mol. The van der Waals surface area contributed by atoms with Crippen LogP contribution in [0.5, 0.6) is 0 Å². The molecule has 2 amide bonds. The van der Waals surface area contributed by atoms with Gasteiger partial charge in [0.1, 0.15) is 0 Å². The zero-order chi connectivity index (χ0) is 12.3. The first kappa shape index (κ1) is 11.9. The first-order valence-corrected chi connectivity index (χ1v) is 6.11. The maximum Gasteiger partial charge on any atom is 0.322 e. The fourth-order valence-corrected chi connectivity index (χ4v) is 1.87. The van der Waals surface area contributed by atoms with E-state index in [9.17, 15) is 4.79 Å². The molecule has 1 aliphatic carbocycles. The molecule has 0 aliphatic heterocycles. The average molecular weight is 233 g/mol. The van der Waals surface area contributed by atoms with Crippen molar-refractivity contribution in [2.75, 3.05) is 11.9 Å². The summed E-state index contributed by atoms with van der Waals surface area (Å²) < 4.78 is 0. The largest absolute Gasteiger partial charge is 0.326 e. The van der Waals surface area contributed by atoms with E-state index in [4.69, 9.17) is 5.73 Å². The lowest BCUT2D eigenvalue weighted by Gasteiger charge is -2.20. The zero-order valence-corrected chi connectivity index (χ0v) is 10.1. The van der Waals surface area contributed by atoms with Crippen LogP contribution < -0.4 is 11.1 Å². The summed E-state index contributed by atoms with van der Waals surface area (Å²) in [5, 5.41) is 2.91. The number of nitrogens with zero attached hydrogens (tertiary/aromatic N) is 1. The van der Waals surface area contributed by atoms with Crippen LogP contribution in [0.1, 0.15) is 25.3 Å². The van der Waals surface area contributed by atoms with Gasteiger partial charge in [0, 0.05) is 24.8 Å². The number of rotatable bonds is 4. The molecule has 0 atom stereocenters. The number of nitrogens with one attached hydrogen (secondary N) is 1. The lowest BCUT2D eigenvalue weighted by Crippen LogP contribution is -2.36. The molecule has 0 radical (unpaired) electrons. The van der Waals surface area contributed by atoms with Crippen LogP contribution in [0.4, 0.5) is 10.5 Å². The predicted octanol–water partition coefficient (Wildman–Crippen LogP) is 2.16. The van der Waals surface area contributed by atoms with Gasteiger partial charge < -0.3 is 16.0 Å². The Morgan fingerprint density at radius 1 is 1.41 bits per heavy atom. The molecule has 0 aromatic heterocycles. The highest BCUT2D eigenvalue weighted by molar-refractivity contribution is 5.89. The second-order valence-electron chi connectivity index (χ2n) is 4.35. The van der Waals surface area contributed by atoms with Gasteiger partial charge in [-0.2, -0.15) is 0 Å². The molecule has 1 fully saturated rings. The highest BCUT2D eigenvalue weighted by atomic mass is 16.2. The number of hydrogen-bond acceptors (Lipinski definition) is 2. The maximum atomic E-state index is 12.0. The molecule has 4 heteroatoms. The first-order chi connectivity index (χ1) is 8.24. The van der Waals surface area contributed by atoms with Crippen molar-refractivity contribution in [2.24, 2.45) is 5.73 Å². The summed E-state index contributed by atoms with van der Waals surface area (Å²) in [4.78, 5) is 13.9. The SMILES string of the molecule is CCN(C(=O)Nc1ccc(CN)cc1)C1CC1. The number of carbonyl (C=O) groups excluding carboxylic acids is 1. The van der Waals surface area contributed by atoms with Crippen molar-refractivity contribution in [3.05, 3.63) is 29.8 Å². The molecule has 17 heavy (non-hydrogen) atoms. The van der Waals surface area contributed by atoms with Crippen molar-refractivity contribution in [1.29, 1.82) is 0 Å². The Bertz CT molecular complexity index is 384. The molecular formula is C13H19N3O. The normalized spacial score (nSPS) is 14.5. The summed E-state index contributed by atoms with van der Waals surface area (Å²) in [6.07, 6.45) is 2.26. The molecule has 92 valence electrons. The number of benzene rings is 1.